The number of hydrogen-bond acceptors (Lipinski definition) is 6. The molecule has 1 aromatic rings. The van der Waals surface area contributed by atoms with Gasteiger partial charge in [-0.25, -0.2) is 4.79 Å². The summed E-state index contributed by atoms with van der Waals surface area (Å²) in [4.78, 5) is 52.9. The molecule has 2 rings (SSSR count). The maximum absolute atomic E-state index is 13.8. The van der Waals surface area contributed by atoms with E-state index in [0.29, 0.717) is 6.42 Å². The number of alkyl carbamates (subject to hydrolysis) is 1. The summed E-state index contributed by atoms with van der Waals surface area (Å²) in [7, 11) is 0. The zero-order valence-corrected chi connectivity index (χ0v) is 21.7. The summed E-state index contributed by atoms with van der Waals surface area (Å²) >= 11 is 0. The van der Waals surface area contributed by atoms with Crippen molar-refractivity contribution in [1.82, 2.24) is 15.5 Å². The Labute approximate surface area is 212 Å². The van der Waals surface area contributed by atoms with Gasteiger partial charge in [-0.3, -0.25) is 14.4 Å². The van der Waals surface area contributed by atoms with Gasteiger partial charge in [0.15, 0.2) is 0 Å². The maximum atomic E-state index is 13.8. The number of aromatic hydroxyl groups is 1. The van der Waals surface area contributed by atoms with E-state index in [0.717, 1.165) is 32.1 Å². The fourth-order valence-electron chi connectivity index (χ4n) is 4.36. The molecule has 0 aliphatic heterocycles. The average molecular weight is 505 g/mol. The van der Waals surface area contributed by atoms with Crippen molar-refractivity contribution >= 4 is 23.8 Å². The quantitative estimate of drug-likeness (QED) is 0.385. The highest BCUT2D eigenvalue weighted by Gasteiger charge is 2.38. The molecule has 36 heavy (non-hydrogen) atoms. The number of nitrogens with two attached hydrogens (primary N) is 1. The van der Waals surface area contributed by atoms with Gasteiger partial charge in [0.1, 0.15) is 23.4 Å². The molecule has 2 unspecified atom stereocenters. The molecule has 0 saturated heterocycles. The number of phenolic OH excluding ortho intramolecular Hbond substituents is 1. The van der Waals surface area contributed by atoms with Crippen LogP contribution in [0.4, 0.5) is 4.79 Å². The van der Waals surface area contributed by atoms with Crippen molar-refractivity contribution in [1.29, 1.82) is 0 Å². The summed E-state index contributed by atoms with van der Waals surface area (Å²) in [6, 6.07) is 3.78. The smallest absolute Gasteiger partial charge is 0.408 e. The molecule has 5 N–H and O–H groups in total. The van der Waals surface area contributed by atoms with Crippen LogP contribution >= 0.6 is 0 Å². The lowest BCUT2D eigenvalue weighted by molar-refractivity contribution is -0.143. The van der Waals surface area contributed by atoms with Crippen LogP contribution in [0, 0.1) is 0 Å². The van der Waals surface area contributed by atoms with E-state index in [4.69, 9.17) is 10.5 Å². The Hall–Kier alpha value is -3.30. The molecule has 1 fully saturated rings. The first-order valence-corrected chi connectivity index (χ1v) is 12.6. The average Bonchev–Trinajstić information content (AvgIpc) is 2.78. The number of phenols is 1. The summed E-state index contributed by atoms with van der Waals surface area (Å²) in [5, 5.41) is 16.1. The Bertz CT molecular complexity index is 923. The minimum atomic E-state index is -1.35. The van der Waals surface area contributed by atoms with Gasteiger partial charge in [-0.15, -0.1) is 0 Å². The third-order valence-electron chi connectivity index (χ3n) is 5.88. The normalized spacial score (nSPS) is 15.9. The van der Waals surface area contributed by atoms with Gasteiger partial charge in [0.25, 0.3) is 0 Å². The van der Waals surface area contributed by atoms with Crippen LogP contribution in [0.3, 0.4) is 0 Å². The fourth-order valence-corrected chi connectivity index (χ4v) is 4.36. The third kappa shape index (κ3) is 8.73. The molecule has 0 spiro atoms. The van der Waals surface area contributed by atoms with Crippen LogP contribution < -0.4 is 16.4 Å². The van der Waals surface area contributed by atoms with E-state index in [2.05, 4.69) is 10.6 Å². The van der Waals surface area contributed by atoms with Gasteiger partial charge in [0.05, 0.1) is 6.42 Å². The number of ether oxygens (including phenoxy) is 1. The molecule has 200 valence electrons. The molecular formula is C26H40N4O6. The Morgan fingerprint density at radius 2 is 1.78 bits per heavy atom. The first-order chi connectivity index (χ1) is 16.9. The lowest BCUT2D eigenvalue weighted by Gasteiger charge is -2.35. The first-order valence-electron chi connectivity index (χ1n) is 12.6. The number of hydrogen-bond donors (Lipinski definition) is 4. The van der Waals surface area contributed by atoms with Gasteiger partial charge < -0.3 is 31.1 Å². The monoisotopic (exact) mass is 504 g/mol. The van der Waals surface area contributed by atoms with E-state index in [9.17, 15) is 24.3 Å². The van der Waals surface area contributed by atoms with Gasteiger partial charge in [-0.1, -0.05) is 44.4 Å². The predicted octanol–water partition coefficient (Wildman–Crippen LogP) is 2.89. The Balaban J connectivity index is 2.43. The van der Waals surface area contributed by atoms with E-state index in [-0.39, 0.29) is 23.9 Å². The molecule has 0 radical (unpaired) electrons. The van der Waals surface area contributed by atoms with Crippen molar-refractivity contribution in [3.05, 3.63) is 29.8 Å². The fraction of sp³-hybridized carbons (Fsp3) is 0.615. The molecule has 1 saturated carbocycles. The molecular weight excluding hydrogens is 464 g/mol. The second kappa shape index (κ2) is 13.1. The van der Waals surface area contributed by atoms with Crippen LogP contribution in [0.2, 0.25) is 0 Å². The molecule has 10 heteroatoms. The molecule has 0 aromatic heterocycles. The molecule has 4 amide bonds. The zero-order valence-electron chi connectivity index (χ0n) is 21.7. The van der Waals surface area contributed by atoms with Gasteiger partial charge in [0.2, 0.25) is 17.7 Å². The van der Waals surface area contributed by atoms with Crippen molar-refractivity contribution in [2.24, 2.45) is 5.73 Å². The Morgan fingerprint density at radius 3 is 2.33 bits per heavy atom. The minimum absolute atomic E-state index is 0.0283. The van der Waals surface area contributed by atoms with E-state index in [1.54, 1.807) is 39.0 Å². The number of carbonyl (C=O) groups excluding carboxylic acids is 4. The standard InChI is InChI=1S/C26H40N4O6/c1-5-15-30(24(34)19(16-21(27)32)29-25(35)36-26(2,3)4)22(18-13-9-10-14-20(18)31)23(33)28-17-11-7-6-8-12-17/h9-10,13-14,17,19,22,31H,5-8,11-12,15-16H2,1-4H3,(H2,27,32)(H,28,33)(H,29,35). The molecule has 1 aliphatic carbocycles. The number of nitrogens with one attached hydrogen (secondary N) is 2. The SMILES string of the molecule is CCCN(C(=O)C(CC(N)=O)NC(=O)OC(C)(C)C)C(C(=O)NC1CCCCC1)c1ccccc1O. The summed E-state index contributed by atoms with van der Waals surface area (Å²) in [5.41, 5.74) is 4.81. The second-order valence-corrected chi connectivity index (χ2v) is 10.2. The highest BCUT2D eigenvalue weighted by Crippen LogP contribution is 2.31. The van der Waals surface area contributed by atoms with E-state index in [1.165, 1.54) is 11.0 Å². The molecule has 10 nitrogen and oxygen atoms in total. The summed E-state index contributed by atoms with van der Waals surface area (Å²) in [6.07, 6.45) is 3.93. The Kier molecular flexibility index (Phi) is 10.6. The number of rotatable bonds is 10. The molecule has 1 aromatic carbocycles. The molecule has 1 aliphatic rings. The highest BCUT2D eigenvalue weighted by atomic mass is 16.6. The molecule has 0 bridgehead atoms. The van der Waals surface area contributed by atoms with Crippen LogP contribution in [-0.2, 0) is 19.1 Å². The van der Waals surface area contributed by atoms with Crippen molar-refractivity contribution in [3.63, 3.8) is 0 Å². The summed E-state index contributed by atoms with van der Waals surface area (Å²) < 4.78 is 5.26. The van der Waals surface area contributed by atoms with Crippen LogP contribution in [0.25, 0.3) is 0 Å². The molecule has 0 heterocycles. The van der Waals surface area contributed by atoms with Crippen molar-refractivity contribution in [2.45, 2.75) is 96.4 Å². The number of benzene rings is 1. The largest absolute Gasteiger partial charge is 0.508 e. The van der Waals surface area contributed by atoms with Crippen LogP contribution in [0.15, 0.2) is 24.3 Å². The van der Waals surface area contributed by atoms with Gasteiger partial charge in [0, 0.05) is 18.2 Å². The number of para-hydroxylation sites is 1. The lowest BCUT2D eigenvalue weighted by atomic mass is 9.94. The number of carbonyl (C=O) groups is 4. The van der Waals surface area contributed by atoms with Crippen LogP contribution in [0.1, 0.15) is 84.2 Å². The first kappa shape index (κ1) is 28.9. The van der Waals surface area contributed by atoms with Crippen molar-refractivity contribution < 1.29 is 29.0 Å². The summed E-state index contributed by atoms with van der Waals surface area (Å²) in [6.45, 7) is 6.99. The predicted molar refractivity (Wildman–Crippen MR) is 135 cm³/mol. The molecule has 2 atom stereocenters. The van der Waals surface area contributed by atoms with Crippen LogP contribution in [-0.4, -0.2) is 58.1 Å². The van der Waals surface area contributed by atoms with E-state index in [1.807, 2.05) is 6.92 Å². The topological polar surface area (TPSA) is 151 Å². The van der Waals surface area contributed by atoms with E-state index < -0.39 is 47.9 Å². The van der Waals surface area contributed by atoms with Gasteiger partial charge in [-0.05, 0) is 46.1 Å². The minimum Gasteiger partial charge on any atom is -0.508 e. The van der Waals surface area contributed by atoms with Gasteiger partial charge >= 0.3 is 6.09 Å². The maximum Gasteiger partial charge on any atom is 0.408 e. The van der Waals surface area contributed by atoms with Crippen molar-refractivity contribution in [2.75, 3.05) is 6.54 Å². The zero-order chi connectivity index (χ0) is 26.9. The van der Waals surface area contributed by atoms with E-state index >= 15 is 0 Å². The van der Waals surface area contributed by atoms with Crippen LogP contribution in [0.5, 0.6) is 5.75 Å². The highest BCUT2D eigenvalue weighted by molar-refractivity contribution is 5.94. The number of amides is 4. The van der Waals surface area contributed by atoms with Gasteiger partial charge in [-0.2, -0.15) is 0 Å². The summed E-state index contributed by atoms with van der Waals surface area (Å²) in [5.74, 6) is -2.04. The number of primary amides is 1. The second-order valence-electron chi connectivity index (χ2n) is 10.2. The Morgan fingerprint density at radius 1 is 1.14 bits per heavy atom. The lowest BCUT2D eigenvalue weighted by Crippen LogP contribution is -2.54. The van der Waals surface area contributed by atoms with Crippen molar-refractivity contribution in [3.8, 4) is 5.75 Å². The third-order valence-corrected chi connectivity index (χ3v) is 5.88. The number of nitrogens with zero attached hydrogens (tertiary/aromatic N) is 1.